The van der Waals surface area contributed by atoms with Gasteiger partial charge in [0, 0.05) is 77.1 Å². The van der Waals surface area contributed by atoms with Crippen molar-refractivity contribution in [1.82, 2.24) is 9.80 Å². The molecule has 8 nitrogen and oxygen atoms in total. The lowest BCUT2D eigenvalue weighted by Gasteiger charge is -2.42. The number of phenols is 2. The van der Waals surface area contributed by atoms with Crippen LogP contribution < -0.4 is 4.90 Å². The highest BCUT2D eigenvalue weighted by molar-refractivity contribution is 7.22. The summed E-state index contributed by atoms with van der Waals surface area (Å²) >= 11 is 1.45. The van der Waals surface area contributed by atoms with Crippen molar-refractivity contribution in [2.24, 2.45) is 0 Å². The molecular formula is C31H31N3O5S. The average molecular weight is 558 g/mol. The molecule has 0 unspecified atom stereocenters. The first kappa shape index (κ1) is 26.2. The molecular weight excluding hydrogens is 526 g/mol. The first-order valence-corrected chi connectivity index (χ1v) is 14.4. The van der Waals surface area contributed by atoms with Gasteiger partial charge in [0.2, 0.25) is 0 Å². The quantitative estimate of drug-likeness (QED) is 0.279. The van der Waals surface area contributed by atoms with Crippen LogP contribution in [0.15, 0.2) is 66.7 Å². The lowest BCUT2D eigenvalue weighted by molar-refractivity contribution is 0.0775. The number of aromatic hydroxyl groups is 2. The Balaban J connectivity index is 1.18. The number of carboxylic acid groups (broad SMARTS) is 1. The van der Waals surface area contributed by atoms with Gasteiger partial charge in [-0.2, -0.15) is 0 Å². The molecule has 206 valence electrons. The predicted octanol–water partition coefficient (Wildman–Crippen LogP) is 5.47. The smallest absolute Gasteiger partial charge is 0.407 e. The van der Waals surface area contributed by atoms with E-state index in [2.05, 4.69) is 9.80 Å². The minimum atomic E-state index is -0.834. The van der Waals surface area contributed by atoms with Gasteiger partial charge in [-0.05, 0) is 85.1 Å². The number of ketones is 1. The Kier molecular flexibility index (Phi) is 7.08. The third-order valence-corrected chi connectivity index (χ3v) is 9.29. The van der Waals surface area contributed by atoms with Gasteiger partial charge in [-0.1, -0.05) is 0 Å². The zero-order valence-corrected chi connectivity index (χ0v) is 22.8. The number of anilines is 1. The van der Waals surface area contributed by atoms with Gasteiger partial charge in [0.05, 0.1) is 0 Å². The number of carbonyl (C=O) groups excluding carboxylic acids is 1. The number of piperidine rings is 1. The number of rotatable bonds is 5. The zero-order valence-electron chi connectivity index (χ0n) is 22.0. The molecule has 9 heteroatoms. The topological polar surface area (TPSA) is 105 Å². The maximum Gasteiger partial charge on any atom is 0.407 e. The van der Waals surface area contributed by atoms with Crippen LogP contribution in [0.3, 0.4) is 0 Å². The Labute approximate surface area is 236 Å². The van der Waals surface area contributed by atoms with Crippen LogP contribution in [-0.2, 0) is 0 Å². The van der Waals surface area contributed by atoms with E-state index in [1.807, 2.05) is 24.3 Å². The third kappa shape index (κ3) is 5.10. The van der Waals surface area contributed by atoms with E-state index in [1.165, 1.54) is 16.2 Å². The van der Waals surface area contributed by atoms with E-state index < -0.39 is 6.09 Å². The number of fused-ring (bicyclic) bond motifs is 1. The fourth-order valence-electron chi connectivity index (χ4n) is 5.86. The van der Waals surface area contributed by atoms with E-state index in [0.717, 1.165) is 65.2 Å². The zero-order chi connectivity index (χ0) is 27.8. The summed E-state index contributed by atoms with van der Waals surface area (Å²) in [6, 6.07) is 20.2. The summed E-state index contributed by atoms with van der Waals surface area (Å²) in [7, 11) is 0. The van der Waals surface area contributed by atoms with Crippen molar-refractivity contribution in [2.75, 3.05) is 44.2 Å². The van der Waals surface area contributed by atoms with E-state index in [0.29, 0.717) is 30.3 Å². The number of hydrogen-bond donors (Lipinski definition) is 3. The molecule has 2 saturated heterocycles. The van der Waals surface area contributed by atoms with Gasteiger partial charge in [-0.3, -0.25) is 9.69 Å². The number of hydrogen-bond acceptors (Lipinski definition) is 7. The van der Waals surface area contributed by atoms with Crippen molar-refractivity contribution in [1.29, 1.82) is 0 Å². The number of piperazine rings is 1. The normalized spacial score (nSPS) is 16.9. The van der Waals surface area contributed by atoms with Gasteiger partial charge in [0.25, 0.3) is 0 Å². The molecule has 0 aliphatic carbocycles. The third-order valence-electron chi connectivity index (χ3n) is 8.09. The SMILES string of the molecule is O=C(c1ccc(N2CCC(N3CCN(C(=O)O)CC3)CC2)cc1)c1c(-c2ccc(O)cc2)sc2cc(O)ccc12. The molecule has 4 aromatic rings. The van der Waals surface area contributed by atoms with Gasteiger partial charge >= 0.3 is 6.09 Å². The summed E-state index contributed by atoms with van der Waals surface area (Å²) < 4.78 is 0.829. The number of benzene rings is 3. The Morgan fingerprint density at radius 2 is 1.43 bits per heavy atom. The van der Waals surface area contributed by atoms with Crippen LogP contribution in [0.2, 0.25) is 0 Å². The van der Waals surface area contributed by atoms with Gasteiger partial charge < -0.3 is 25.1 Å². The first-order valence-electron chi connectivity index (χ1n) is 13.5. The van der Waals surface area contributed by atoms with Crippen LogP contribution in [0.25, 0.3) is 20.5 Å². The van der Waals surface area contributed by atoms with E-state index >= 15 is 0 Å². The van der Waals surface area contributed by atoms with Crippen LogP contribution >= 0.6 is 11.3 Å². The van der Waals surface area contributed by atoms with E-state index in [9.17, 15) is 24.9 Å². The Bertz CT molecular complexity index is 1530. The average Bonchev–Trinajstić information content (AvgIpc) is 3.36. The molecule has 2 aliphatic rings. The molecule has 6 rings (SSSR count). The lowest BCUT2D eigenvalue weighted by Crippen LogP contribution is -2.54. The Hall–Kier alpha value is -4.08. The van der Waals surface area contributed by atoms with Crippen molar-refractivity contribution in [2.45, 2.75) is 18.9 Å². The van der Waals surface area contributed by atoms with E-state index in [-0.39, 0.29) is 17.3 Å². The first-order chi connectivity index (χ1) is 19.4. The van der Waals surface area contributed by atoms with Gasteiger partial charge in [-0.15, -0.1) is 11.3 Å². The van der Waals surface area contributed by atoms with Crippen molar-refractivity contribution in [3.63, 3.8) is 0 Å². The van der Waals surface area contributed by atoms with Crippen LogP contribution in [0, 0.1) is 0 Å². The van der Waals surface area contributed by atoms with Crippen molar-refractivity contribution in [3.8, 4) is 21.9 Å². The molecule has 0 atom stereocenters. The highest BCUT2D eigenvalue weighted by atomic mass is 32.1. The molecule has 0 saturated carbocycles. The van der Waals surface area contributed by atoms with Gasteiger partial charge in [0.15, 0.2) is 5.78 Å². The molecule has 0 radical (unpaired) electrons. The highest BCUT2D eigenvalue weighted by Gasteiger charge is 2.29. The molecule has 0 spiro atoms. The largest absolute Gasteiger partial charge is 0.508 e. The molecule has 2 fully saturated rings. The summed E-state index contributed by atoms with van der Waals surface area (Å²) in [6.07, 6.45) is 1.22. The fraction of sp³-hybridized carbons (Fsp3) is 0.290. The summed E-state index contributed by atoms with van der Waals surface area (Å²) in [4.78, 5) is 32.1. The highest BCUT2D eigenvalue weighted by Crippen LogP contribution is 2.41. The van der Waals surface area contributed by atoms with Crippen LogP contribution in [-0.4, -0.2) is 82.3 Å². The Morgan fingerprint density at radius 3 is 2.08 bits per heavy atom. The standard InChI is InChI=1S/C31H31N3O5S/c35-24-7-3-21(4-8-24)30-28(26-10-9-25(36)19-27(26)40-30)29(37)20-1-5-22(6-2-20)32-13-11-23(12-14-32)33-15-17-34(18-16-33)31(38)39/h1-10,19,23,35-36H,11-18H2,(H,38,39). The molecule has 2 aliphatic heterocycles. The molecule has 1 aromatic heterocycles. The van der Waals surface area contributed by atoms with Crippen LogP contribution in [0.1, 0.15) is 28.8 Å². The minimum absolute atomic E-state index is 0.0780. The van der Waals surface area contributed by atoms with E-state index in [1.54, 1.807) is 42.5 Å². The second-order valence-corrected chi connectivity index (χ2v) is 11.5. The number of carbonyl (C=O) groups is 2. The number of nitrogens with zero attached hydrogens (tertiary/aromatic N) is 3. The molecule has 3 N–H and O–H groups in total. The summed E-state index contributed by atoms with van der Waals surface area (Å²) in [5, 5.41) is 29.8. The number of thiophene rings is 1. The summed E-state index contributed by atoms with van der Waals surface area (Å²) in [5.74, 6) is 0.238. The van der Waals surface area contributed by atoms with Crippen molar-refractivity contribution in [3.05, 3.63) is 77.9 Å². The minimum Gasteiger partial charge on any atom is -0.508 e. The summed E-state index contributed by atoms with van der Waals surface area (Å²) in [6.45, 7) is 4.55. The summed E-state index contributed by atoms with van der Waals surface area (Å²) in [5.41, 5.74) is 3.13. The van der Waals surface area contributed by atoms with Gasteiger partial charge in [-0.25, -0.2) is 4.79 Å². The molecule has 3 aromatic carbocycles. The maximum atomic E-state index is 13.9. The molecule has 1 amide bonds. The van der Waals surface area contributed by atoms with Crippen LogP contribution in [0.5, 0.6) is 11.5 Å². The molecule has 40 heavy (non-hydrogen) atoms. The molecule has 3 heterocycles. The predicted molar refractivity (Wildman–Crippen MR) is 157 cm³/mol. The lowest BCUT2D eigenvalue weighted by atomic mass is 9.97. The number of phenolic OH excluding ortho intramolecular Hbond substituents is 2. The van der Waals surface area contributed by atoms with Gasteiger partial charge in [0.1, 0.15) is 11.5 Å². The molecule has 0 bridgehead atoms. The fourth-order valence-corrected chi connectivity index (χ4v) is 7.10. The Morgan fingerprint density at radius 1 is 0.775 bits per heavy atom. The second kappa shape index (κ2) is 10.8. The van der Waals surface area contributed by atoms with Crippen molar-refractivity contribution >= 4 is 39.0 Å². The van der Waals surface area contributed by atoms with Crippen LogP contribution in [0.4, 0.5) is 10.5 Å². The maximum absolute atomic E-state index is 13.9. The van der Waals surface area contributed by atoms with Crippen molar-refractivity contribution < 1.29 is 24.9 Å². The number of amides is 1. The van der Waals surface area contributed by atoms with E-state index in [4.69, 9.17) is 0 Å². The second-order valence-electron chi connectivity index (χ2n) is 10.4. The monoisotopic (exact) mass is 557 g/mol.